The molecule has 1 aliphatic rings. The Bertz CT molecular complexity index is 1410. The second-order valence-electron chi connectivity index (χ2n) is 8.70. The molecule has 1 fully saturated rings. The number of ether oxygens (including phenoxy) is 1. The van der Waals surface area contributed by atoms with E-state index >= 15 is 0 Å². The summed E-state index contributed by atoms with van der Waals surface area (Å²) in [6.07, 6.45) is 3.29. The number of hydrogen-bond acceptors (Lipinski definition) is 6. The van der Waals surface area contributed by atoms with E-state index in [-0.39, 0.29) is 29.9 Å². The van der Waals surface area contributed by atoms with Crippen molar-refractivity contribution in [2.45, 2.75) is 46.1 Å². The molecule has 0 bridgehead atoms. The Morgan fingerprint density at radius 1 is 1.06 bits per heavy atom. The normalized spacial score (nSPS) is 19.5. The van der Waals surface area contributed by atoms with Gasteiger partial charge in [0.15, 0.2) is 17.3 Å². The summed E-state index contributed by atoms with van der Waals surface area (Å²) < 4.78 is 37.0. The first-order valence-electron chi connectivity index (χ1n) is 10.8. The van der Waals surface area contributed by atoms with Crippen LogP contribution < -0.4 is 5.69 Å². The zero-order valence-corrected chi connectivity index (χ0v) is 18.6. The van der Waals surface area contributed by atoms with E-state index in [9.17, 15) is 13.6 Å². The van der Waals surface area contributed by atoms with Crippen LogP contribution in [0.4, 0.5) is 8.78 Å². The predicted octanol–water partition coefficient (Wildman–Crippen LogP) is 2.68. The van der Waals surface area contributed by atoms with E-state index in [4.69, 9.17) is 4.74 Å². The van der Waals surface area contributed by atoms with Crippen molar-refractivity contribution in [3.8, 4) is 0 Å². The summed E-state index contributed by atoms with van der Waals surface area (Å²) in [5, 5.41) is 4.66. The van der Waals surface area contributed by atoms with Crippen molar-refractivity contribution >= 4 is 16.7 Å². The van der Waals surface area contributed by atoms with Crippen molar-refractivity contribution in [3.63, 3.8) is 0 Å². The van der Waals surface area contributed by atoms with Gasteiger partial charge in [0.05, 0.1) is 24.1 Å². The molecular weight excluding hydrogens is 430 g/mol. The minimum Gasteiger partial charge on any atom is -0.373 e. The van der Waals surface area contributed by atoms with Gasteiger partial charge in [-0.3, -0.25) is 9.47 Å². The Labute approximate surface area is 188 Å². The second kappa shape index (κ2) is 8.27. The zero-order chi connectivity index (χ0) is 23.3. The Balaban J connectivity index is 1.59. The van der Waals surface area contributed by atoms with Crippen LogP contribution in [0.3, 0.4) is 0 Å². The predicted molar refractivity (Wildman–Crippen MR) is 118 cm³/mol. The lowest BCUT2D eigenvalue weighted by Crippen LogP contribution is -2.44. The Morgan fingerprint density at radius 2 is 1.82 bits per heavy atom. The standard InChI is InChI=1S/C23H24F2N6O2/c1-13-4-5-17(20(25)19(13)24)11-30-21-18(22-27-12-28-31(22)23(30)32)6-16(7-26-21)10-29-8-14(2)33-15(3)9-29/h4-7,12,14-15H,8-11H2,1-3H3. The van der Waals surface area contributed by atoms with E-state index in [1.807, 2.05) is 19.9 Å². The van der Waals surface area contributed by atoms with Gasteiger partial charge in [0, 0.05) is 31.4 Å². The van der Waals surface area contributed by atoms with Crippen LogP contribution in [0.1, 0.15) is 30.5 Å². The SMILES string of the molecule is Cc1ccc(Cn2c(=O)n3ncnc3c3cc(CN4CC(C)OC(C)C4)cnc32)c(F)c1F. The number of halogens is 2. The van der Waals surface area contributed by atoms with Crippen molar-refractivity contribution in [2.24, 2.45) is 0 Å². The first kappa shape index (κ1) is 21.6. The molecule has 10 heteroatoms. The summed E-state index contributed by atoms with van der Waals surface area (Å²) in [7, 11) is 0. The molecule has 0 amide bonds. The molecule has 0 spiro atoms. The van der Waals surface area contributed by atoms with E-state index in [2.05, 4.69) is 20.0 Å². The summed E-state index contributed by atoms with van der Waals surface area (Å²) >= 11 is 0. The molecule has 33 heavy (non-hydrogen) atoms. The van der Waals surface area contributed by atoms with Gasteiger partial charge < -0.3 is 4.74 Å². The van der Waals surface area contributed by atoms with Gasteiger partial charge >= 0.3 is 5.69 Å². The smallest absolute Gasteiger partial charge is 0.352 e. The van der Waals surface area contributed by atoms with E-state index in [1.54, 1.807) is 6.20 Å². The van der Waals surface area contributed by atoms with Crippen LogP contribution in [0.2, 0.25) is 0 Å². The van der Waals surface area contributed by atoms with Crippen LogP contribution in [0.15, 0.2) is 35.5 Å². The Kier molecular flexibility index (Phi) is 5.41. The molecule has 4 aromatic rings. The average molecular weight is 454 g/mol. The molecule has 8 nitrogen and oxygen atoms in total. The molecule has 0 N–H and O–H groups in total. The largest absolute Gasteiger partial charge is 0.373 e. The van der Waals surface area contributed by atoms with E-state index < -0.39 is 17.3 Å². The molecule has 2 atom stereocenters. The number of benzene rings is 1. The minimum absolute atomic E-state index is 0.0585. The molecule has 0 saturated carbocycles. The maximum atomic E-state index is 14.6. The first-order chi connectivity index (χ1) is 15.8. The molecule has 5 rings (SSSR count). The monoisotopic (exact) mass is 454 g/mol. The third-order valence-corrected chi connectivity index (χ3v) is 5.96. The lowest BCUT2D eigenvalue weighted by Gasteiger charge is -2.35. The Hall–Kier alpha value is -3.24. The molecule has 0 aliphatic carbocycles. The van der Waals surface area contributed by atoms with Crippen molar-refractivity contribution in [1.82, 2.24) is 29.0 Å². The average Bonchev–Trinajstić information content (AvgIpc) is 3.26. The maximum absolute atomic E-state index is 14.6. The highest BCUT2D eigenvalue weighted by molar-refractivity contribution is 5.89. The summed E-state index contributed by atoms with van der Waals surface area (Å²) in [4.78, 5) is 24.2. The quantitative estimate of drug-likeness (QED) is 0.472. The van der Waals surface area contributed by atoms with Gasteiger partial charge in [-0.05, 0) is 38.0 Å². The molecule has 1 aliphatic heterocycles. The van der Waals surface area contributed by atoms with Crippen LogP contribution >= 0.6 is 0 Å². The zero-order valence-electron chi connectivity index (χ0n) is 18.6. The molecule has 3 aromatic heterocycles. The van der Waals surface area contributed by atoms with Crippen LogP contribution in [-0.4, -0.2) is 54.3 Å². The number of nitrogens with zero attached hydrogens (tertiary/aromatic N) is 6. The number of aryl methyl sites for hydroxylation is 1. The van der Waals surface area contributed by atoms with Crippen molar-refractivity contribution in [1.29, 1.82) is 0 Å². The maximum Gasteiger partial charge on any atom is 0.352 e. The van der Waals surface area contributed by atoms with Crippen molar-refractivity contribution < 1.29 is 13.5 Å². The van der Waals surface area contributed by atoms with Crippen LogP contribution in [-0.2, 0) is 17.8 Å². The first-order valence-corrected chi connectivity index (χ1v) is 10.8. The van der Waals surface area contributed by atoms with Crippen LogP contribution in [0.25, 0.3) is 16.7 Å². The van der Waals surface area contributed by atoms with Gasteiger partial charge in [0.1, 0.15) is 12.0 Å². The summed E-state index contributed by atoms with van der Waals surface area (Å²) in [5.41, 5.74) is 1.41. The lowest BCUT2D eigenvalue weighted by atomic mass is 10.1. The van der Waals surface area contributed by atoms with Gasteiger partial charge in [0.2, 0.25) is 0 Å². The van der Waals surface area contributed by atoms with E-state index in [1.165, 1.54) is 30.0 Å². The lowest BCUT2D eigenvalue weighted by molar-refractivity contribution is -0.0705. The molecule has 1 saturated heterocycles. The van der Waals surface area contributed by atoms with Gasteiger partial charge in [-0.25, -0.2) is 23.5 Å². The minimum atomic E-state index is -0.971. The number of morpholine rings is 1. The highest BCUT2D eigenvalue weighted by Gasteiger charge is 2.23. The van der Waals surface area contributed by atoms with Gasteiger partial charge in [-0.15, -0.1) is 0 Å². The fourth-order valence-electron chi connectivity index (χ4n) is 4.53. The molecule has 2 unspecified atom stereocenters. The number of pyridine rings is 1. The fourth-order valence-corrected chi connectivity index (χ4v) is 4.53. The van der Waals surface area contributed by atoms with Crippen molar-refractivity contribution in [2.75, 3.05) is 13.1 Å². The number of fused-ring (bicyclic) bond motifs is 3. The second-order valence-corrected chi connectivity index (χ2v) is 8.70. The summed E-state index contributed by atoms with van der Waals surface area (Å²) in [6.45, 7) is 7.68. The number of hydrogen-bond donors (Lipinski definition) is 0. The van der Waals surface area contributed by atoms with E-state index in [0.29, 0.717) is 23.2 Å². The third kappa shape index (κ3) is 3.89. The third-order valence-electron chi connectivity index (χ3n) is 5.96. The summed E-state index contributed by atoms with van der Waals surface area (Å²) in [5.74, 6) is -1.89. The summed E-state index contributed by atoms with van der Waals surface area (Å²) in [6, 6.07) is 4.90. The Morgan fingerprint density at radius 3 is 2.58 bits per heavy atom. The topological polar surface area (TPSA) is 77.5 Å². The van der Waals surface area contributed by atoms with Gasteiger partial charge in [-0.2, -0.15) is 9.61 Å². The molecule has 4 heterocycles. The van der Waals surface area contributed by atoms with E-state index in [0.717, 1.165) is 23.2 Å². The molecule has 1 aromatic carbocycles. The van der Waals surface area contributed by atoms with Gasteiger partial charge in [-0.1, -0.05) is 12.1 Å². The van der Waals surface area contributed by atoms with Gasteiger partial charge in [0.25, 0.3) is 0 Å². The fraction of sp³-hybridized carbons (Fsp3) is 0.391. The molecular formula is C23H24F2N6O2. The number of aromatic nitrogens is 5. The number of rotatable bonds is 4. The molecule has 0 radical (unpaired) electrons. The van der Waals surface area contributed by atoms with Crippen molar-refractivity contribution in [3.05, 3.63) is 69.5 Å². The van der Waals surface area contributed by atoms with Crippen LogP contribution in [0, 0.1) is 18.6 Å². The highest BCUT2D eigenvalue weighted by atomic mass is 19.2. The van der Waals surface area contributed by atoms with Crippen LogP contribution in [0.5, 0.6) is 0 Å². The molecule has 172 valence electrons. The highest BCUT2D eigenvalue weighted by Crippen LogP contribution is 2.22.